The van der Waals surface area contributed by atoms with Crippen LogP contribution in [0.2, 0.25) is 46.3 Å². The lowest BCUT2D eigenvalue weighted by molar-refractivity contribution is 0.233. The molecule has 13 nitrogen and oxygen atoms in total. The predicted octanol–water partition coefficient (Wildman–Crippen LogP) is 11.3. The van der Waals surface area contributed by atoms with E-state index in [1.807, 2.05) is 90.1 Å². The number of benzene rings is 2. The molecule has 0 fully saturated rings. The third kappa shape index (κ3) is 18.5. The van der Waals surface area contributed by atoms with Crippen LogP contribution in [0.15, 0.2) is 70.5 Å². The molecule has 65 heavy (non-hydrogen) atoms. The van der Waals surface area contributed by atoms with Crippen molar-refractivity contribution in [1.82, 2.24) is 19.6 Å². The first-order chi connectivity index (χ1) is 29.8. The minimum atomic E-state index is -1.70. The Balaban J connectivity index is 0.000000373. The molecule has 0 atom stereocenters. The highest BCUT2D eigenvalue weighted by Gasteiger charge is 2.37. The van der Waals surface area contributed by atoms with Crippen LogP contribution in [0.4, 0.5) is 0 Å². The van der Waals surface area contributed by atoms with Crippen molar-refractivity contribution in [2.75, 3.05) is 26.4 Å². The van der Waals surface area contributed by atoms with E-state index in [1.165, 1.54) is 15.6 Å². The summed E-state index contributed by atoms with van der Waals surface area (Å²) >= 11 is 11.8. The normalized spacial score (nSPS) is 12.4. The van der Waals surface area contributed by atoms with Gasteiger partial charge in [-0.05, 0) is 113 Å². The molecule has 0 bridgehead atoms. The fourth-order valence-corrected chi connectivity index (χ4v) is 7.51. The Kier molecular flexibility index (Phi) is 21.5. The number of hydrogen-bond donors (Lipinski definition) is 2. The first kappa shape index (κ1) is 57.4. The molecule has 2 aromatic heterocycles. The highest BCUT2D eigenvalue weighted by Crippen LogP contribution is 2.37. The minimum absolute atomic E-state index is 0.0368. The molecule has 0 unspecified atom stereocenters. The highest BCUT2D eigenvalue weighted by molar-refractivity contribution is 6.74. The molecule has 0 saturated carbocycles. The van der Waals surface area contributed by atoms with Crippen LogP contribution in [0.5, 0.6) is 23.0 Å². The number of aromatic nitrogens is 4. The number of aliphatic hydroxyl groups excluding tert-OH is 1. The fraction of sp³-hybridized carbons (Fsp3) is 0.583. The summed E-state index contributed by atoms with van der Waals surface area (Å²) in [7, 11) is -3.33. The van der Waals surface area contributed by atoms with Gasteiger partial charge in [-0.2, -0.15) is 10.2 Å². The second-order valence-corrected chi connectivity index (χ2v) is 31.2. The Hall–Kier alpha value is -3.71. The number of hydrogen-bond acceptors (Lipinski definition) is 11. The maximum atomic E-state index is 12.4. The van der Waals surface area contributed by atoms with Crippen LogP contribution < -0.4 is 25.3 Å². The van der Waals surface area contributed by atoms with Crippen LogP contribution >= 0.6 is 23.2 Å². The fourth-order valence-electron chi connectivity index (χ4n) is 5.02. The molecule has 0 amide bonds. The second-order valence-electron chi connectivity index (χ2n) is 20.8. The van der Waals surface area contributed by atoms with Crippen molar-refractivity contribution in [3.63, 3.8) is 0 Å². The van der Waals surface area contributed by atoms with Crippen molar-refractivity contribution in [2.45, 2.75) is 156 Å². The van der Waals surface area contributed by atoms with Crippen molar-refractivity contribution in [3.05, 3.63) is 103 Å². The quantitative estimate of drug-likeness (QED) is 0.0814. The van der Waals surface area contributed by atoms with Crippen LogP contribution in [0.25, 0.3) is 0 Å². The van der Waals surface area contributed by atoms with E-state index < -0.39 is 33.3 Å². The van der Waals surface area contributed by atoms with E-state index in [0.717, 1.165) is 48.3 Å². The number of halogens is 2. The summed E-state index contributed by atoms with van der Waals surface area (Å²) in [6, 6.07) is 15.2. The van der Waals surface area contributed by atoms with Gasteiger partial charge in [0.15, 0.2) is 38.2 Å². The molecule has 364 valence electrons. The van der Waals surface area contributed by atoms with Gasteiger partial charge in [-0.25, -0.2) is 9.36 Å². The van der Waals surface area contributed by atoms with Crippen LogP contribution in [-0.4, -0.2) is 72.8 Å². The van der Waals surface area contributed by atoms with Gasteiger partial charge in [0.2, 0.25) is 0 Å². The zero-order chi connectivity index (χ0) is 49.6. The van der Waals surface area contributed by atoms with E-state index in [2.05, 4.69) is 77.9 Å². The molecule has 4 aromatic rings. The summed E-state index contributed by atoms with van der Waals surface area (Å²) in [5.74, 6) is 1.63. The largest absolute Gasteiger partial charge is 0.505 e. The molecule has 2 aromatic carbocycles. The first-order valence-corrected chi connectivity index (χ1v) is 28.6. The predicted molar refractivity (Wildman–Crippen MR) is 268 cm³/mol. The van der Waals surface area contributed by atoms with Gasteiger partial charge >= 0.3 is 0 Å². The Morgan fingerprint density at radius 2 is 0.954 bits per heavy atom. The van der Waals surface area contributed by atoms with Crippen molar-refractivity contribution >= 4 is 39.8 Å². The van der Waals surface area contributed by atoms with E-state index in [4.69, 9.17) is 56.5 Å². The van der Waals surface area contributed by atoms with Gasteiger partial charge in [0.05, 0.1) is 43.3 Å². The molecule has 0 spiro atoms. The van der Waals surface area contributed by atoms with Gasteiger partial charge in [-0.15, -0.1) is 0 Å². The smallest absolute Gasteiger partial charge is 0.289 e. The number of aromatic hydroxyl groups is 1. The van der Waals surface area contributed by atoms with Gasteiger partial charge in [0, 0.05) is 26.1 Å². The average Bonchev–Trinajstić information content (AvgIpc) is 3.19. The Morgan fingerprint density at radius 3 is 1.34 bits per heavy atom. The summed E-state index contributed by atoms with van der Waals surface area (Å²) in [6.07, 6.45) is 4.39. The molecule has 2 N–H and O–H groups in total. The maximum Gasteiger partial charge on any atom is 0.289 e. The molecular formula is C48H76Cl2N4O9Si2. The number of ether oxygens (including phenoxy) is 3. The van der Waals surface area contributed by atoms with E-state index in [-0.39, 0.29) is 50.4 Å². The highest BCUT2D eigenvalue weighted by atomic mass is 35.5. The van der Waals surface area contributed by atoms with Crippen molar-refractivity contribution in [2.24, 2.45) is 0 Å². The third-order valence-electron chi connectivity index (χ3n) is 11.1. The summed E-state index contributed by atoms with van der Waals surface area (Å²) < 4.78 is 32.1. The monoisotopic (exact) mass is 978 g/mol. The molecule has 4 rings (SSSR count). The van der Waals surface area contributed by atoms with E-state index in [1.54, 1.807) is 0 Å². The van der Waals surface area contributed by atoms with Crippen LogP contribution in [0.1, 0.15) is 107 Å². The van der Waals surface area contributed by atoms with Gasteiger partial charge in [0.1, 0.15) is 18.1 Å². The van der Waals surface area contributed by atoms with Crippen LogP contribution in [0.3, 0.4) is 0 Å². The minimum Gasteiger partial charge on any atom is -0.505 e. The zero-order valence-corrected chi connectivity index (χ0v) is 45.2. The standard InChI is InChI=1S/C24H37ClN2O4Si.C16H28O3Si.C8H11ClN2O2/c1-23(2,3)27-22(28)21(25)20(16-26-27)30-17-18-10-12-19(13-11-18)29-14-9-15-31-32(7,8)24(4,5)6;1-16(2,3)20(4,5)19-12-6-11-18-15-9-7-14(13-17)8-10-15;1-8(2,3)11-7(13)6(9)5(12)4-10-11/h10-13,16H,9,14-15,17H2,1-8H3;7-10,17H,6,11-13H2,1-5H3;4,12H,1-3H3. The molecule has 0 aliphatic carbocycles. The van der Waals surface area contributed by atoms with Crippen LogP contribution in [-0.2, 0) is 33.1 Å². The van der Waals surface area contributed by atoms with Crippen LogP contribution in [0, 0.1) is 0 Å². The summed E-state index contributed by atoms with van der Waals surface area (Å²) in [5, 5.41) is 26.3. The van der Waals surface area contributed by atoms with Gasteiger partial charge in [0.25, 0.3) is 11.1 Å². The van der Waals surface area contributed by atoms with E-state index >= 15 is 0 Å². The zero-order valence-electron chi connectivity index (χ0n) is 41.7. The Labute approximate surface area is 399 Å². The molecule has 2 heterocycles. The van der Waals surface area contributed by atoms with Gasteiger partial charge in [-0.3, -0.25) is 9.59 Å². The lowest BCUT2D eigenvalue weighted by Crippen LogP contribution is -2.41. The molecule has 0 radical (unpaired) electrons. The van der Waals surface area contributed by atoms with E-state index in [9.17, 15) is 9.59 Å². The lowest BCUT2D eigenvalue weighted by Gasteiger charge is -2.36. The number of nitrogens with zero attached hydrogens (tertiary/aromatic N) is 4. The Morgan fingerprint density at radius 1 is 0.569 bits per heavy atom. The molecule has 17 heteroatoms. The SMILES string of the molecule is CC(C)(C)[Si](C)(C)OCCCOc1ccc(CO)cc1.CC(C)(C)n1ncc(O)c(Cl)c1=O.CC(C)(C)n1ncc(OCc2ccc(OCCCO[Si](C)(C)C(C)(C)C)cc2)c(Cl)c1=O. The second kappa shape index (κ2) is 24.4. The molecule has 0 saturated heterocycles. The van der Waals surface area contributed by atoms with E-state index in [0.29, 0.717) is 19.8 Å². The van der Waals surface area contributed by atoms with Crippen molar-refractivity contribution in [3.8, 4) is 23.0 Å². The lowest BCUT2D eigenvalue weighted by atomic mass is 10.1. The number of aliphatic hydroxyl groups is 1. The summed E-state index contributed by atoms with van der Waals surface area (Å²) in [6.45, 7) is 36.8. The average molecular weight is 980 g/mol. The first-order valence-electron chi connectivity index (χ1n) is 22.0. The molecule has 0 aliphatic rings. The van der Waals surface area contributed by atoms with Crippen molar-refractivity contribution < 1.29 is 33.3 Å². The topological polar surface area (TPSA) is 156 Å². The van der Waals surface area contributed by atoms with Gasteiger partial charge < -0.3 is 33.3 Å². The number of rotatable bonds is 16. The van der Waals surface area contributed by atoms with Gasteiger partial charge in [-0.1, -0.05) is 89.0 Å². The third-order valence-corrected chi connectivity index (χ3v) is 20.9. The Bertz CT molecular complexity index is 2190. The summed E-state index contributed by atoms with van der Waals surface area (Å²) in [5.41, 5.74) is 0.112. The maximum absolute atomic E-state index is 12.4. The molecule has 0 aliphatic heterocycles. The summed E-state index contributed by atoms with van der Waals surface area (Å²) in [4.78, 5) is 23.9. The van der Waals surface area contributed by atoms with Crippen molar-refractivity contribution in [1.29, 1.82) is 0 Å². The molecular weight excluding hydrogens is 904 g/mol.